The van der Waals surface area contributed by atoms with Crippen molar-refractivity contribution in [1.82, 2.24) is 0 Å². The number of ketones is 2. The Morgan fingerprint density at radius 3 is 2.71 bits per heavy atom. The first-order chi connectivity index (χ1) is 8.12. The van der Waals surface area contributed by atoms with Crippen LogP contribution in [0.25, 0.3) is 0 Å². The molecule has 2 rings (SSSR count). The lowest BCUT2D eigenvalue weighted by Gasteiger charge is -2.34. The molecule has 1 aromatic carbocycles. The normalized spacial score (nSPS) is 23.3. The highest BCUT2D eigenvalue weighted by Gasteiger charge is 2.45. The molecule has 0 fully saturated rings. The molecule has 0 bridgehead atoms. The third-order valence-electron chi connectivity index (χ3n) is 3.87. The summed E-state index contributed by atoms with van der Waals surface area (Å²) in [7, 11) is 0. The van der Waals surface area contributed by atoms with Gasteiger partial charge in [0, 0.05) is 5.56 Å². The van der Waals surface area contributed by atoms with Crippen LogP contribution < -0.4 is 0 Å². The molecule has 1 aromatic rings. The van der Waals surface area contributed by atoms with Crippen molar-refractivity contribution >= 4 is 11.6 Å². The quantitative estimate of drug-likeness (QED) is 0.747. The van der Waals surface area contributed by atoms with Crippen molar-refractivity contribution in [3.63, 3.8) is 0 Å². The SMILES string of the molecule is CCCC1(C(C)=O)CCc2ccccc2C1=O. The summed E-state index contributed by atoms with van der Waals surface area (Å²) in [5.74, 6) is 0.0625. The Morgan fingerprint density at radius 1 is 1.35 bits per heavy atom. The molecule has 0 aromatic heterocycles. The van der Waals surface area contributed by atoms with Crippen LogP contribution in [0.5, 0.6) is 0 Å². The summed E-state index contributed by atoms with van der Waals surface area (Å²) in [6, 6.07) is 7.67. The number of benzene rings is 1. The number of aryl methyl sites for hydroxylation is 1. The second kappa shape index (κ2) is 4.44. The van der Waals surface area contributed by atoms with Crippen LogP contribution in [0.15, 0.2) is 24.3 Å². The Labute approximate surface area is 102 Å². The van der Waals surface area contributed by atoms with Crippen LogP contribution in [0, 0.1) is 5.41 Å². The van der Waals surface area contributed by atoms with Crippen LogP contribution >= 0.6 is 0 Å². The third kappa shape index (κ3) is 1.82. The first-order valence-electron chi connectivity index (χ1n) is 6.25. The molecule has 1 aliphatic carbocycles. The zero-order valence-corrected chi connectivity index (χ0v) is 10.5. The van der Waals surface area contributed by atoms with Gasteiger partial charge in [-0.3, -0.25) is 9.59 Å². The zero-order valence-electron chi connectivity index (χ0n) is 10.5. The van der Waals surface area contributed by atoms with E-state index in [9.17, 15) is 9.59 Å². The smallest absolute Gasteiger partial charge is 0.176 e. The molecule has 0 spiro atoms. The number of hydrogen-bond acceptors (Lipinski definition) is 2. The Kier molecular flexibility index (Phi) is 3.14. The van der Waals surface area contributed by atoms with Crippen LogP contribution in [-0.2, 0) is 11.2 Å². The van der Waals surface area contributed by atoms with Crippen molar-refractivity contribution in [2.24, 2.45) is 5.41 Å². The van der Waals surface area contributed by atoms with E-state index in [1.54, 1.807) is 6.92 Å². The number of carbonyl (C=O) groups excluding carboxylic acids is 2. The van der Waals surface area contributed by atoms with Gasteiger partial charge >= 0.3 is 0 Å². The fourth-order valence-corrected chi connectivity index (χ4v) is 2.86. The van der Waals surface area contributed by atoms with Gasteiger partial charge in [0.25, 0.3) is 0 Å². The Balaban J connectivity index is 2.48. The van der Waals surface area contributed by atoms with Crippen molar-refractivity contribution in [2.45, 2.75) is 39.5 Å². The van der Waals surface area contributed by atoms with Crippen LogP contribution in [0.2, 0.25) is 0 Å². The summed E-state index contributed by atoms with van der Waals surface area (Å²) in [4.78, 5) is 24.5. The summed E-state index contributed by atoms with van der Waals surface area (Å²) in [6.07, 6.45) is 3.05. The highest BCUT2D eigenvalue weighted by Crippen LogP contribution is 2.39. The maximum atomic E-state index is 12.5. The summed E-state index contributed by atoms with van der Waals surface area (Å²) in [5, 5.41) is 0. The summed E-state index contributed by atoms with van der Waals surface area (Å²) in [6.45, 7) is 3.58. The van der Waals surface area contributed by atoms with E-state index in [-0.39, 0.29) is 11.6 Å². The van der Waals surface area contributed by atoms with Gasteiger partial charge in [0.2, 0.25) is 0 Å². The van der Waals surface area contributed by atoms with Gasteiger partial charge in [0.05, 0.1) is 5.41 Å². The fourth-order valence-electron chi connectivity index (χ4n) is 2.86. The van der Waals surface area contributed by atoms with Gasteiger partial charge in [-0.1, -0.05) is 37.6 Å². The van der Waals surface area contributed by atoms with E-state index >= 15 is 0 Å². The van der Waals surface area contributed by atoms with E-state index in [0.29, 0.717) is 12.8 Å². The van der Waals surface area contributed by atoms with E-state index < -0.39 is 5.41 Å². The van der Waals surface area contributed by atoms with Crippen LogP contribution in [0.1, 0.15) is 49.0 Å². The first kappa shape index (κ1) is 12.0. The van der Waals surface area contributed by atoms with Crippen LogP contribution in [0.4, 0.5) is 0 Å². The molecular formula is C15H18O2. The second-order valence-corrected chi connectivity index (χ2v) is 4.87. The lowest BCUT2D eigenvalue weighted by molar-refractivity contribution is -0.125. The van der Waals surface area contributed by atoms with Gasteiger partial charge in [-0.2, -0.15) is 0 Å². The standard InChI is InChI=1S/C15H18O2/c1-3-9-15(11(2)16)10-8-12-6-4-5-7-13(12)14(15)17/h4-7H,3,8-10H2,1-2H3. The van der Waals surface area contributed by atoms with E-state index in [1.807, 2.05) is 31.2 Å². The predicted molar refractivity (Wildman–Crippen MR) is 67.1 cm³/mol. The molecule has 1 aliphatic rings. The van der Waals surface area contributed by atoms with Crippen LogP contribution in [0.3, 0.4) is 0 Å². The average Bonchev–Trinajstić information content (AvgIpc) is 2.33. The van der Waals surface area contributed by atoms with Gasteiger partial charge in [0.15, 0.2) is 5.78 Å². The van der Waals surface area contributed by atoms with Crippen molar-refractivity contribution in [1.29, 1.82) is 0 Å². The minimum atomic E-state index is -0.747. The maximum Gasteiger partial charge on any atom is 0.176 e. The summed E-state index contributed by atoms with van der Waals surface area (Å²) in [5.41, 5.74) is 1.09. The lowest BCUT2D eigenvalue weighted by Crippen LogP contribution is -2.41. The largest absolute Gasteiger partial charge is 0.299 e. The summed E-state index contributed by atoms with van der Waals surface area (Å²) >= 11 is 0. The molecule has 2 heteroatoms. The van der Waals surface area contributed by atoms with Crippen LogP contribution in [-0.4, -0.2) is 11.6 Å². The van der Waals surface area contributed by atoms with Gasteiger partial charge < -0.3 is 0 Å². The molecule has 1 atom stereocenters. The molecule has 0 amide bonds. The van der Waals surface area contributed by atoms with Gasteiger partial charge in [-0.15, -0.1) is 0 Å². The maximum absolute atomic E-state index is 12.5. The second-order valence-electron chi connectivity index (χ2n) is 4.87. The average molecular weight is 230 g/mol. The summed E-state index contributed by atoms with van der Waals surface area (Å²) < 4.78 is 0. The first-order valence-corrected chi connectivity index (χ1v) is 6.25. The van der Waals surface area contributed by atoms with Gasteiger partial charge in [-0.05, 0) is 31.7 Å². The zero-order chi connectivity index (χ0) is 12.5. The van der Waals surface area contributed by atoms with Crippen molar-refractivity contribution in [3.8, 4) is 0 Å². The Hall–Kier alpha value is -1.44. The van der Waals surface area contributed by atoms with Crippen molar-refractivity contribution < 1.29 is 9.59 Å². The number of Topliss-reactive ketones (excluding diaryl/α,β-unsaturated/α-hetero) is 2. The molecule has 90 valence electrons. The van der Waals surface area contributed by atoms with E-state index in [1.165, 1.54) is 0 Å². The predicted octanol–water partition coefficient (Wildman–Crippen LogP) is 3.19. The minimum absolute atomic E-state index is 0.0267. The molecule has 17 heavy (non-hydrogen) atoms. The number of hydrogen-bond donors (Lipinski definition) is 0. The highest BCUT2D eigenvalue weighted by molar-refractivity contribution is 6.15. The monoisotopic (exact) mass is 230 g/mol. The third-order valence-corrected chi connectivity index (χ3v) is 3.87. The molecule has 0 N–H and O–H groups in total. The topological polar surface area (TPSA) is 34.1 Å². The Bertz CT molecular complexity index is 462. The highest BCUT2D eigenvalue weighted by atomic mass is 16.2. The van der Waals surface area contributed by atoms with E-state index in [4.69, 9.17) is 0 Å². The minimum Gasteiger partial charge on any atom is -0.299 e. The van der Waals surface area contributed by atoms with Crippen molar-refractivity contribution in [2.75, 3.05) is 0 Å². The lowest BCUT2D eigenvalue weighted by atomic mass is 9.66. The number of rotatable bonds is 3. The molecule has 0 saturated carbocycles. The van der Waals surface area contributed by atoms with Gasteiger partial charge in [-0.25, -0.2) is 0 Å². The molecule has 1 unspecified atom stereocenters. The molecule has 0 radical (unpaired) electrons. The molecule has 0 aliphatic heterocycles. The number of carbonyl (C=O) groups is 2. The van der Waals surface area contributed by atoms with Gasteiger partial charge in [0.1, 0.15) is 5.78 Å². The fraction of sp³-hybridized carbons (Fsp3) is 0.467. The number of fused-ring (bicyclic) bond motifs is 1. The molecule has 0 heterocycles. The van der Waals surface area contributed by atoms with E-state index in [0.717, 1.165) is 24.0 Å². The molecule has 0 saturated heterocycles. The molecular weight excluding hydrogens is 212 g/mol. The van der Waals surface area contributed by atoms with E-state index in [2.05, 4.69) is 0 Å². The van der Waals surface area contributed by atoms with Crippen molar-refractivity contribution in [3.05, 3.63) is 35.4 Å². The Morgan fingerprint density at radius 2 is 2.06 bits per heavy atom. The molecule has 2 nitrogen and oxygen atoms in total.